The Morgan fingerprint density at radius 1 is 1.19 bits per heavy atom. The van der Waals surface area contributed by atoms with Gasteiger partial charge in [-0.1, -0.05) is 17.5 Å². The third-order valence-corrected chi connectivity index (χ3v) is 4.23. The summed E-state index contributed by atoms with van der Waals surface area (Å²) in [6.07, 6.45) is 5.32. The van der Waals surface area contributed by atoms with Gasteiger partial charge in [0.25, 0.3) is 5.56 Å². The van der Waals surface area contributed by atoms with Crippen molar-refractivity contribution in [1.29, 1.82) is 0 Å². The van der Waals surface area contributed by atoms with E-state index in [0.717, 1.165) is 4.57 Å². The fourth-order valence-corrected chi connectivity index (χ4v) is 3.10. The van der Waals surface area contributed by atoms with Crippen molar-refractivity contribution in [2.75, 3.05) is 0 Å². The highest BCUT2D eigenvalue weighted by molar-refractivity contribution is 7.17. The van der Waals surface area contributed by atoms with Gasteiger partial charge in [-0.15, -0.1) is 17.8 Å². The Kier molecular flexibility index (Phi) is 3.42. The van der Waals surface area contributed by atoms with Crippen LogP contribution in [-0.4, -0.2) is 9.13 Å². The number of halogens is 1. The Morgan fingerprint density at radius 3 is 2.57 bits per heavy atom. The van der Waals surface area contributed by atoms with Gasteiger partial charge in [0.15, 0.2) is 0 Å². The summed E-state index contributed by atoms with van der Waals surface area (Å²) in [7, 11) is 0. The molecule has 0 spiro atoms. The molecule has 3 rings (SSSR count). The molecule has 0 radical (unpaired) electrons. The van der Waals surface area contributed by atoms with E-state index in [0.29, 0.717) is 20.9 Å². The second-order valence-electron chi connectivity index (χ2n) is 4.32. The van der Waals surface area contributed by atoms with E-state index >= 15 is 0 Å². The molecule has 104 valence electrons. The third-order valence-electron chi connectivity index (χ3n) is 3.09. The van der Waals surface area contributed by atoms with Gasteiger partial charge in [0.2, 0.25) is 0 Å². The fraction of sp³-hybridized carbons (Fsp3) is 0.0667. The SMILES string of the molecule is C#CCn1c(=O)n(-c2ccc(Cl)cc2)c(=O)c2sccc21. The van der Waals surface area contributed by atoms with Crippen molar-refractivity contribution in [3.8, 4) is 18.0 Å². The first-order chi connectivity index (χ1) is 10.1. The van der Waals surface area contributed by atoms with Crippen LogP contribution >= 0.6 is 22.9 Å². The van der Waals surface area contributed by atoms with Gasteiger partial charge in [-0.3, -0.25) is 9.36 Å². The molecule has 0 aliphatic carbocycles. The summed E-state index contributed by atoms with van der Waals surface area (Å²) in [5.41, 5.74) is 0.236. The van der Waals surface area contributed by atoms with Crippen LogP contribution in [0.15, 0.2) is 45.3 Å². The Labute approximate surface area is 128 Å². The monoisotopic (exact) mass is 316 g/mol. The molecule has 2 aromatic heterocycles. The summed E-state index contributed by atoms with van der Waals surface area (Å²) in [5.74, 6) is 2.45. The molecule has 0 atom stereocenters. The van der Waals surface area contributed by atoms with Gasteiger partial charge >= 0.3 is 5.69 Å². The molecule has 0 amide bonds. The van der Waals surface area contributed by atoms with Gasteiger partial charge in [-0.2, -0.15) is 0 Å². The minimum Gasteiger partial charge on any atom is -0.280 e. The standard InChI is InChI=1S/C15H9ClN2O2S/c1-2-8-17-12-7-9-21-13(12)14(19)18(15(17)20)11-5-3-10(16)4-6-11/h1,3-7,9H,8H2. The summed E-state index contributed by atoms with van der Waals surface area (Å²) >= 11 is 7.13. The number of hydrogen-bond acceptors (Lipinski definition) is 3. The molecule has 6 heteroatoms. The van der Waals surface area contributed by atoms with E-state index in [1.165, 1.54) is 15.9 Å². The first kappa shape index (κ1) is 13.7. The van der Waals surface area contributed by atoms with Crippen molar-refractivity contribution in [2.45, 2.75) is 6.54 Å². The lowest BCUT2D eigenvalue weighted by molar-refractivity contribution is 0.739. The number of benzene rings is 1. The van der Waals surface area contributed by atoms with Crippen molar-refractivity contribution >= 4 is 33.2 Å². The van der Waals surface area contributed by atoms with Crippen molar-refractivity contribution < 1.29 is 0 Å². The van der Waals surface area contributed by atoms with E-state index in [9.17, 15) is 9.59 Å². The summed E-state index contributed by atoms with van der Waals surface area (Å²) in [5, 5.41) is 2.30. The lowest BCUT2D eigenvalue weighted by atomic mass is 10.3. The number of fused-ring (bicyclic) bond motifs is 1. The highest BCUT2D eigenvalue weighted by Gasteiger charge is 2.14. The molecule has 0 N–H and O–H groups in total. The lowest BCUT2D eigenvalue weighted by Crippen LogP contribution is -2.38. The Bertz CT molecular complexity index is 974. The van der Waals surface area contributed by atoms with Crippen LogP contribution in [0.5, 0.6) is 0 Å². The minimum atomic E-state index is -0.453. The van der Waals surface area contributed by atoms with Gasteiger partial charge in [-0.25, -0.2) is 9.36 Å². The van der Waals surface area contributed by atoms with E-state index in [1.54, 1.807) is 35.7 Å². The zero-order chi connectivity index (χ0) is 15.0. The van der Waals surface area contributed by atoms with Crippen LogP contribution in [0.1, 0.15) is 0 Å². The summed E-state index contributed by atoms with van der Waals surface area (Å²) < 4.78 is 3.04. The van der Waals surface area contributed by atoms with Crippen LogP contribution in [0.2, 0.25) is 5.02 Å². The van der Waals surface area contributed by atoms with E-state index < -0.39 is 5.69 Å². The zero-order valence-corrected chi connectivity index (χ0v) is 12.3. The number of nitrogens with zero attached hydrogens (tertiary/aromatic N) is 2. The predicted molar refractivity (Wildman–Crippen MR) is 85.5 cm³/mol. The topological polar surface area (TPSA) is 44.0 Å². The van der Waals surface area contributed by atoms with Gasteiger partial charge in [0, 0.05) is 5.02 Å². The Morgan fingerprint density at radius 2 is 1.90 bits per heavy atom. The number of thiophene rings is 1. The third kappa shape index (κ3) is 2.19. The highest BCUT2D eigenvalue weighted by atomic mass is 35.5. The maximum Gasteiger partial charge on any atom is 0.337 e. The highest BCUT2D eigenvalue weighted by Crippen LogP contribution is 2.17. The summed E-state index contributed by atoms with van der Waals surface area (Å²) in [4.78, 5) is 25.1. The quantitative estimate of drug-likeness (QED) is 0.682. The molecule has 0 unspecified atom stereocenters. The van der Waals surface area contributed by atoms with Gasteiger partial charge in [0.1, 0.15) is 4.70 Å². The van der Waals surface area contributed by atoms with E-state index in [4.69, 9.17) is 18.0 Å². The zero-order valence-electron chi connectivity index (χ0n) is 10.7. The van der Waals surface area contributed by atoms with Crippen molar-refractivity contribution in [3.05, 3.63) is 61.6 Å². The average molecular weight is 317 g/mol. The van der Waals surface area contributed by atoms with Gasteiger partial charge in [0.05, 0.1) is 17.7 Å². The number of aromatic nitrogens is 2. The van der Waals surface area contributed by atoms with Crippen LogP contribution in [-0.2, 0) is 6.54 Å². The molecule has 0 bridgehead atoms. The second-order valence-corrected chi connectivity index (χ2v) is 5.68. The number of terminal acetylenes is 1. The first-order valence-electron chi connectivity index (χ1n) is 6.06. The summed E-state index contributed by atoms with van der Waals surface area (Å²) in [6.45, 7) is 0.111. The van der Waals surface area contributed by atoms with Crippen LogP contribution in [0, 0.1) is 12.3 Å². The molecule has 2 heterocycles. The van der Waals surface area contributed by atoms with Gasteiger partial charge in [-0.05, 0) is 35.7 Å². The normalized spacial score (nSPS) is 10.7. The van der Waals surface area contributed by atoms with E-state index in [1.807, 2.05) is 0 Å². The molecule has 0 saturated carbocycles. The molecule has 4 nitrogen and oxygen atoms in total. The first-order valence-corrected chi connectivity index (χ1v) is 7.31. The Balaban J connectivity index is 2.43. The maximum atomic E-state index is 12.6. The molecule has 0 aliphatic rings. The molecular weight excluding hydrogens is 308 g/mol. The predicted octanol–water partition coefficient (Wildman–Crippen LogP) is 2.50. The minimum absolute atomic E-state index is 0.111. The Hall–Kier alpha value is -2.29. The van der Waals surface area contributed by atoms with Crippen molar-refractivity contribution in [2.24, 2.45) is 0 Å². The lowest BCUT2D eigenvalue weighted by Gasteiger charge is -2.10. The number of hydrogen-bond donors (Lipinski definition) is 0. The van der Waals surface area contributed by atoms with E-state index in [-0.39, 0.29) is 12.1 Å². The average Bonchev–Trinajstić information content (AvgIpc) is 2.95. The molecule has 0 fully saturated rings. The molecular formula is C15H9ClN2O2S. The second kappa shape index (κ2) is 5.24. The van der Waals surface area contributed by atoms with Crippen LogP contribution < -0.4 is 11.2 Å². The van der Waals surface area contributed by atoms with Crippen molar-refractivity contribution in [1.82, 2.24) is 9.13 Å². The largest absolute Gasteiger partial charge is 0.337 e. The molecule has 0 aliphatic heterocycles. The van der Waals surface area contributed by atoms with Crippen LogP contribution in [0.3, 0.4) is 0 Å². The maximum absolute atomic E-state index is 12.6. The molecule has 0 saturated heterocycles. The molecule has 3 aromatic rings. The number of rotatable bonds is 2. The molecule has 1 aromatic carbocycles. The fourth-order valence-electron chi connectivity index (χ4n) is 2.15. The molecule has 21 heavy (non-hydrogen) atoms. The van der Waals surface area contributed by atoms with Gasteiger partial charge < -0.3 is 0 Å². The van der Waals surface area contributed by atoms with Crippen LogP contribution in [0.4, 0.5) is 0 Å². The van der Waals surface area contributed by atoms with Crippen LogP contribution in [0.25, 0.3) is 15.9 Å². The smallest absolute Gasteiger partial charge is 0.280 e. The van der Waals surface area contributed by atoms with Crippen molar-refractivity contribution in [3.63, 3.8) is 0 Å². The summed E-state index contributed by atoms with van der Waals surface area (Å²) in [6, 6.07) is 8.25. The van der Waals surface area contributed by atoms with E-state index in [2.05, 4.69) is 5.92 Å².